The van der Waals surface area contributed by atoms with Crippen molar-refractivity contribution in [2.75, 3.05) is 19.6 Å². The summed E-state index contributed by atoms with van der Waals surface area (Å²) in [4.78, 5) is 14.2. The van der Waals surface area contributed by atoms with E-state index in [2.05, 4.69) is 40.5 Å². The summed E-state index contributed by atoms with van der Waals surface area (Å²) < 4.78 is 0. The first-order valence-corrected chi connectivity index (χ1v) is 7.29. The topological polar surface area (TPSA) is 32.3 Å². The van der Waals surface area contributed by atoms with Crippen molar-refractivity contribution in [3.63, 3.8) is 0 Å². The van der Waals surface area contributed by atoms with Crippen molar-refractivity contribution in [2.24, 2.45) is 0 Å². The number of rotatable bonds is 2. The molecule has 1 spiro atoms. The average molecular weight is 258 g/mol. The van der Waals surface area contributed by atoms with E-state index >= 15 is 0 Å². The average Bonchev–Trinajstić information content (AvgIpc) is 2.39. The van der Waals surface area contributed by atoms with Gasteiger partial charge in [0.05, 0.1) is 0 Å². The summed E-state index contributed by atoms with van der Waals surface area (Å²) in [6.45, 7) is 4.01. The quantitative estimate of drug-likeness (QED) is 0.880. The molecule has 2 heterocycles. The van der Waals surface area contributed by atoms with Crippen LogP contribution in [0.1, 0.15) is 31.2 Å². The maximum atomic E-state index is 11.7. The standard InChI is InChI=1S/C16H22N2O/c19-15-7-9-17-16(11-15)8-4-10-18(13-16)12-14-5-2-1-3-6-14/h1-3,5-6,17H,4,7-13H2. The highest BCUT2D eigenvalue weighted by Crippen LogP contribution is 2.28. The highest BCUT2D eigenvalue weighted by molar-refractivity contribution is 5.80. The van der Waals surface area contributed by atoms with E-state index in [0.29, 0.717) is 12.2 Å². The molecule has 0 radical (unpaired) electrons. The molecular formula is C16H22N2O. The SMILES string of the molecule is O=C1CCNC2(CCCN(Cc3ccccc3)C2)C1. The summed E-state index contributed by atoms with van der Waals surface area (Å²) in [7, 11) is 0. The zero-order valence-corrected chi connectivity index (χ0v) is 11.4. The molecule has 1 aromatic rings. The Morgan fingerprint density at radius 2 is 2.11 bits per heavy atom. The van der Waals surface area contributed by atoms with Crippen molar-refractivity contribution in [3.8, 4) is 0 Å². The molecule has 2 aliphatic rings. The lowest BCUT2D eigenvalue weighted by Gasteiger charge is -2.45. The Bertz CT molecular complexity index is 441. The molecule has 3 nitrogen and oxygen atoms in total. The first-order valence-electron chi connectivity index (χ1n) is 7.29. The van der Waals surface area contributed by atoms with Gasteiger partial charge in [0.1, 0.15) is 5.78 Å². The minimum Gasteiger partial charge on any atom is -0.309 e. The first kappa shape index (κ1) is 12.8. The fourth-order valence-electron chi connectivity index (χ4n) is 3.49. The van der Waals surface area contributed by atoms with Crippen molar-refractivity contribution in [2.45, 2.75) is 37.8 Å². The van der Waals surface area contributed by atoms with Crippen LogP contribution < -0.4 is 5.32 Å². The monoisotopic (exact) mass is 258 g/mol. The molecule has 1 atom stereocenters. The van der Waals surface area contributed by atoms with Gasteiger partial charge in [0.15, 0.2) is 0 Å². The van der Waals surface area contributed by atoms with Crippen molar-refractivity contribution in [1.82, 2.24) is 10.2 Å². The minimum atomic E-state index is 0.0579. The third-order valence-electron chi connectivity index (χ3n) is 4.34. The Labute approximate surface area is 115 Å². The van der Waals surface area contributed by atoms with E-state index in [9.17, 15) is 4.79 Å². The Hall–Kier alpha value is -1.19. The molecule has 0 aliphatic carbocycles. The Morgan fingerprint density at radius 3 is 2.89 bits per heavy atom. The molecule has 2 aliphatic heterocycles. The molecular weight excluding hydrogens is 236 g/mol. The van der Waals surface area contributed by atoms with Crippen LogP contribution in [-0.4, -0.2) is 35.9 Å². The number of nitrogens with one attached hydrogen (secondary N) is 1. The van der Waals surface area contributed by atoms with Gasteiger partial charge in [0, 0.05) is 38.0 Å². The summed E-state index contributed by atoms with van der Waals surface area (Å²) >= 11 is 0. The number of hydrogen-bond donors (Lipinski definition) is 1. The largest absolute Gasteiger partial charge is 0.309 e. The predicted molar refractivity (Wildman–Crippen MR) is 75.9 cm³/mol. The number of carbonyl (C=O) groups excluding carboxylic acids is 1. The Kier molecular flexibility index (Phi) is 3.67. The smallest absolute Gasteiger partial charge is 0.136 e. The molecule has 1 unspecified atom stereocenters. The zero-order chi connectivity index (χ0) is 13.1. The zero-order valence-electron chi connectivity index (χ0n) is 11.4. The number of Topliss-reactive ketones (excluding diaryl/α,β-unsaturated/α-hetero) is 1. The molecule has 0 bridgehead atoms. The van der Waals surface area contributed by atoms with Crippen molar-refractivity contribution < 1.29 is 4.79 Å². The second kappa shape index (κ2) is 5.43. The highest BCUT2D eigenvalue weighted by Gasteiger charge is 2.38. The lowest BCUT2D eigenvalue weighted by Crippen LogP contribution is -2.60. The molecule has 2 saturated heterocycles. The van der Waals surface area contributed by atoms with Gasteiger partial charge in [-0.05, 0) is 24.9 Å². The normalized spacial score (nSPS) is 28.7. The van der Waals surface area contributed by atoms with Crippen LogP contribution in [-0.2, 0) is 11.3 Å². The highest BCUT2D eigenvalue weighted by atomic mass is 16.1. The summed E-state index contributed by atoms with van der Waals surface area (Å²) in [6.07, 6.45) is 3.76. The number of benzene rings is 1. The molecule has 0 saturated carbocycles. The van der Waals surface area contributed by atoms with E-state index in [0.717, 1.165) is 39.0 Å². The van der Waals surface area contributed by atoms with Crippen LogP contribution in [0, 0.1) is 0 Å². The van der Waals surface area contributed by atoms with Gasteiger partial charge in [-0.25, -0.2) is 0 Å². The van der Waals surface area contributed by atoms with Crippen molar-refractivity contribution >= 4 is 5.78 Å². The predicted octanol–water partition coefficient (Wildman–Crippen LogP) is 1.97. The maximum absolute atomic E-state index is 11.7. The second-order valence-corrected chi connectivity index (χ2v) is 5.97. The van der Waals surface area contributed by atoms with Crippen molar-refractivity contribution in [1.29, 1.82) is 0 Å². The van der Waals surface area contributed by atoms with Crippen LogP contribution >= 0.6 is 0 Å². The van der Waals surface area contributed by atoms with E-state index in [4.69, 9.17) is 0 Å². The van der Waals surface area contributed by atoms with E-state index in [1.807, 2.05) is 0 Å². The molecule has 2 fully saturated rings. The van der Waals surface area contributed by atoms with Gasteiger partial charge in [-0.2, -0.15) is 0 Å². The van der Waals surface area contributed by atoms with Gasteiger partial charge in [-0.1, -0.05) is 30.3 Å². The van der Waals surface area contributed by atoms with E-state index < -0.39 is 0 Å². The van der Waals surface area contributed by atoms with Gasteiger partial charge >= 0.3 is 0 Å². The summed E-state index contributed by atoms with van der Waals surface area (Å²) in [6, 6.07) is 10.6. The fourth-order valence-corrected chi connectivity index (χ4v) is 3.49. The fraction of sp³-hybridized carbons (Fsp3) is 0.562. The molecule has 0 aromatic heterocycles. The van der Waals surface area contributed by atoms with Gasteiger partial charge in [-0.3, -0.25) is 9.69 Å². The van der Waals surface area contributed by atoms with E-state index in [1.54, 1.807) is 0 Å². The number of likely N-dealkylation sites (tertiary alicyclic amines) is 1. The number of ketones is 1. The summed E-state index contributed by atoms with van der Waals surface area (Å²) in [5.74, 6) is 0.431. The molecule has 1 N–H and O–H groups in total. The third kappa shape index (κ3) is 3.04. The van der Waals surface area contributed by atoms with Crippen LogP contribution in [0.2, 0.25) is 0 Å². The maximum Gasteiger partial charge on any atom is 0.136 e. The molecule has 0 amide bonds. The van der Waals surface area contributed by atoms with Crippen LogP contribution in [0.3, 0.4) is 0 Å². The molecule has 1 aromatic carbocycles. The molecule has 3 heteroatoms. The summed E-state index contributed by atoms with van der Waals surface area (Å²) in [5, 5.41) is 3.62. The number of nitrogens with zero attached hydrogens (tertiary/aromatic N) is 1. The van der Waals surface area contributed by atoms with Gasteiger partial charge in [0.25, 0.3) is 0 Å². The molecule has 19 heavy (non-hydrogen) atoms. The van der Waals surface area contributed by atoms with Crippen LogP contribution in [0.4, 0.5) is 0 Å². The lowest BCUT2D eigenvalue weighted by molar-refractivity contribution is -0.123. The van der Waals surface area contributed by atoms with E-state index in [-0.39, 0.29) is 5.54 Å². The van der Waals surface area contributed by atoms with Gasteiger partial charge in [0.2, 0.25) is 0 Å². The molecule has 3 rings (SSSR count). The molecule has 102 valence electrons. The Morgan fingerprint density at radius 1 is 1.26 bits per heavy atom. The van der Waals surface area contributed by atoms with Crippen molar-refractivity contribution in [3.05, 3.63) is 35.9 Å². The van der Waals surface area contributed by atoms with E-state index in [1.165, 1.54) is 12.0 Å². The van der Waals surface area contributed by atoms with Crippen LogP contribution in [0.25, 0.3) is 0 Å². The lowest BCUT2D eigenvalue weighted by atomic mass is 9.81. The minimum absolute atomic E-state index is 0.0579. The van der Waals surface area contributed by atoms with Crippen LogP contribution in [0.5, 0.6) is 0 Å². The second-order valence-electron chi connectivity index (χ2n) is 5.97. The van der Waals surface area contributed by atoms with Gasteiger partial charge < -0.3 is 5.32 Å². The van der Waals surface area contributed by atoms with Crippen LogP contribution in [0.15, 0.2) is 30.3 Å². The number of hydrogen-bond acceptors (Lipinski definition) is 3. The number of carbonyl (C=O) groups is 1. The summed E-state index contributed by atoms with van der Waals surface area (Å²) in [5.41, 5.74) is 1.42. The Balaban J connectivity index is 1.66. The first-order chi connectivity index (χ1) is 9.26. The van der Waals surface area contributed by atoms with Gasteiger partial charge in [-0.15, -0.1) is 0 Å². The number of piperidine rings is 2. The third-order valence-corrected chi connectivity index (χ3v) is 4.34.